The van der Waals surface area contributed by atoms with Gasteiger partial charge in [-0.05, 0) is 43.8 Å². The quantitative estimate of drug-likeness (QED) is 0.516. The Morgan fingerprint density at radius 2 is 1.79 bits per heavy atom. The first-order valence-electron chi connectivity index (χ1n) is 8.11. The van der Waals surface area contributed by atoms with Crippen LogP contribution >= 0.6 is 23.5 Å². The van der Waals surface area contributed by atoms with Crippen LogP contribution in [0.3, 0.4) is 0 Å². The molecule has 1 saturated carbocycles. The highest BCUT2D eigenvalue weighted by molar-refractivity contribution is 8.21. The monoisotopic (exact) mass is 361 g/mol. The second-order valence-corrected chi connectivity index (χ2v) is 7.71. The number of hydrogen-bond donors (Lipinski definition) is 0. The summed E-state index contributed by atoms with van der Waals surface area (Å²) in [6.07, 6.45) is 7.41. The van der Waals surface area contributed by atoms with Crippen LogP contribution in [0.25, 0.3) is 0 Å². The summed E-state index contributed by atoms with van der Waals surface area (Å²) in [5, 5.41) is 9.34. The van der Waals surface area contributed by atoms with Gasteiger partial charge in [0.2, 0.25) is 0 Å². The van der Waals surface area contributed by atoms with E-state index in [0.29, 0.717) is 12.2 Å². The zero-order valence-corrected chi connectivity index (χ0v) is 15.8. The number of Topliss-reactive ketones (excluding diaryl/α,β-unsaturated/α-hetero) is 1. The van der Waals surface area contributed by atoms with Gasteiger partial charge in [0, 0.05) is 5.92 Å². The van der Waals surface area contributed by atoms with Gasteiger partial charge in [0.25, 0.3) is 0 Å². The second kappa shape index (κ2) is 9.93. The van der Waals surface area contributed by atoms with Crippen LogP contribution in [0.1, 0.15) is 31.2 Å². The Bertz CT molecular complexity index is 608. The lowest BCUT2D eigenvalue weighted by Gasteiger charge is -2.27. The Hall–Kier alpha value is -1.22. The summed E-state index contributed by atoms with van der Waals surface area (Å²) in [5.74, 6) is -0.0248. The molecule has 0 radical (unpaired) electrons. The highest BCUT2D eigenvalue weighted by Crippen LogP contribution is 2.33. The number of hydrogen-bond acceptors (Lipinski definition) is 5. The lowest BCUT2D eigenvalue weighted by Crippen LogP contribution is -2.27. The highest BCUT2D eigenvalue weighted by atomic mass is 32.2. The third kappa shape index (κ3) is 5.14. The average molecular weight is 362 g/mol. The van der Waals surface area contributed by atoms with Crippen LogP contribution in [0, 0.1) is 17.2 Å². The average Bonchev–Trinajstić information content (AvgIpc) is 2.65. The van der Waals surface area contributed by atoms with Crippen molar-refractivity contribution in [1.29, 1.82) is 5.26 Å². The van der Waals surface area contributed by atoms with E-state index < -0.39 is 0 Å². The largest absolute Gasteiger partial charge is 0.374 e. The zero-order valence-electron chi connectivity index (χ0n) is 14.2. The molecular weight excluding hydrogens is 338 g/mol. The van der Waals surface area contributed by atoms with E-state index in [0.717, 1.165) is 29.9 Å². The van der Waals surface area contributed by atoms with Gasteiger partial charge in [-0.15, -0.1) is 23.5 Å². The summed E-state index contributed by atoms with van der Waals surface area (Å²) in [6, 6.07) is 12.3. The molecule has 0 atom stereocenters. The molecule has 24 heavy (non-hydrogen) atoms. The van der Waals surface area contributed by atoms with Gasteiger partial charge in [0.15, 0.2) is 5.78 Å². The zero-order chi connectivity index (χ0) is 17.4. The molecule has 1 aromatic carbocycles. The van der Waals surface area contributed by atoms with Crippen LogP contribution in [0.5, 0.6) is 0 Å². The van der Waals surface area contributed by atoms with E-state index in [-0.39, 0.29) is 17.8 Å². The van der Waals surface area contributed by atoms with Crippen molar-refractivity contribution in [2.24, 2.45) is 5.92 Å². The number of thioether (sulfide) groups is 2. The third-order valence-electron chi connectivity index (χ3n) is 4.31. The normalized spacial score (nSPS) is 20.2. The Kier molecular flexibility index (Phi) is 7.90. The molecule has 0 N–H and O–H groups in total. The van der Waals surface area contributed by atoms with Crippen molar-refractivity contribution >= 4 is 29.3 Å². The minimum Gasteiger partial charge on any atom is -0.374 e. The van der Waals surface area contributed by atoms with Crippen molar-refractivity contribution in [3.8, 4) is 6.07 Å². The molecule has 2 rings (SSSR count). The molecule has 0 spiro atoms. The van der Waals surface area contributed by atoms with Crippen LogP contribution in [-0.2, 0) is 16.1 Å². The summed E-state index contributed by atoms with van der Waals surface area (Å²) in [7, 11) is 0. The van der Waals surface area contributed by atoms with E-state index in [4.69, 9.17) is 4.74 Å². The maximum absolute atomic E-state index is 12.6. The van der Waals surface area contributed by atoms with Gasteiger partial charge in [0.1, 0.15) is 11.6 Å². The molecular formula is C19H23NO2S2. The van der Waals surface area contributed by atoms with Crippen LogP contribution < -0.4 is 0 Å². The SMILES string of the molecule is CSC(SC)=C(C#N)C(=O)C1CCC(OCc2ccccc2)CC1. The van der Waals surface area contributed by atoms with Crippen molar-refractivity contribution in [3.63, 3.8) is 0 Å². The summed E-state index contributed by atoms with van der Waals surface area (Å²) in [5.41, 5.74) is 1.51. The maximum Gasteiger partial charge on any atom is 0.178 e. The fraction of sp³-hybridized carbons (Fsp3) is 0.474. The standard InChI is InChI=1S/C19H23NO2S2/c1-23-19(24-2)17(12-20)18(21)15-8-10-16(11-9-15)22-13-14-6-4-3-5-7-14/h3-7,15-16H,8-11,13H2,1-2H3. The van der Waals surface area contributed by atoms with Crippen molar-refractivity contribution in [2.45, 2.75) is 38.4 Å². The molecule has 1 aromatic rings. The predicted molar refractivity (Wildman–Crippen MR) is 102 cm³/mol. The third-order valence-corrected chi connectivity index (χ3v) is 6.46. The van der Waals surface area contributed by atoms with E-state index in [2.05, 4.69) is 18.2 Å². The summed E-state index contributed by atoms with van der Waals surface area (Å²) in [6.45, 7) is 0.622. The van der Waals surface area contributed by atoms with Crippen molar-refractivity contribution in [2.75, 3.05) is 12.5 Å². The summed E-state index contributed by atoms with van der Waals surface area (Å²) < 4.78 is 6.80. The molecule has 1 aliphatic carbocycles. The van der Waals surface area contributed by atoms with Gasteiger partial charge in [-0.2, -0.15) is 5.26 Å². The number of nitriles is 1. The van der Waals surface area contributed by atoms with Gasteiger partial charge < -0.3 is 4.74 Å². The van der Waals surface area contributed by atoms with Crippen LogP contribution in [0.2, 0.25) is 0 Å². The highest BCUT2D eigenvalue weighted by Gasteiger charge is 2.29. The lowest BCUT2D eigenvalue weighted by atomic mass is 9.83. The number of ether oxygens (including phenoxy) is 1. The number of benzene rings is 1. The van der Waals surface area contributed by atoms with E-state index in [9.17, 15) is 10.1 Å². The fourth-order valence-corrected chi connectivity index (χ4v) is 4.34. The topological polar surface area (TPSA) is 50.1 Å². The molecule has 128 valence electrons. The Balaban J connectivity index is 1.87. The van der Waals surface area contributed by atoms with E-state index >= 15 is 0 Å². The molecule has 5 heteroatoms. The second-order valence-electron chi connectivity index (χ2n) is 5.82. The Labute approximate surface area is 152 Å². The molecule has 0 saturated heterocycles. The molecule has 0 unspecified atom stereocenters. The first kappa shape index (κ1) is 19.1. The molecule has 0 aromatic heterocycles. The number of carbonyl (C=O) groups is 1. The first-order chi connectivity index (χ1) is 11.7. The number of nitrogens with zero attached hydrogens (tertiary/aromatic N) is 1. The minimum absolute atomic E-state index is 0.0118. The molecule has 0 bridgehead atoms. The van der Waals surface area contributed by atoms with Crippen LogP contribution in [-0.4, -0.2) is 24.4 Å². The predicted octanol–water partition coefficient (Wildman–Crippen LogP) is 4.79. The van der Waals surface area contributed by atoms with Gasteiger partial charge in [-0.3, -0.25) is 4.79 Å². The minimum atomic E-state index is -0.0366. The van der Waals surface area contributed by atoms with Crippen molar-refractivity contribution < 1.29 is 9.53 Å². The maximum atomic E-state index is 12.6. The van der Waals surface area contributed by atoms with Crippen LogP contribution in [0.4, 0.5) is 0 Å². The molecule has 0 heterocycles. The van der Waals surface area contributed by atoms with Crippen molar-refractivity contribution in [1.82, 2.24) is 0 Å². The first-order valence-corrected chi connectivity index (χ1v) is 10.6. The van der Waals surface area contributed by atoms with Gasteiger partial charge in [0.05, 0.1) is 16.9 Å². The Morgan fingerprint density at radius 3 is 2.33 bits per heavy atom. The van der Waals surface area contributed by atoms with Crippen LogP contribution in [0.15, 0.2) is 40.1 Å². The van der Waals surface area contributed by atoms with Gasteiger partial charge >= 0.3 is 0 Å². The molecule has 1 fully saturated rings. The number of allylic oxidation sites excluding steroid dienone is 1. The van der Waals surface area contributed by atoms with E-state index in [1.54, 1.807) is 0 Å². The number of rotatable bonds is 7. The van der Waals surface area contributed by atoms with Gasteiger partial charge in [-0.25, -0.2) is 0 Å². The molecule has 0 amide bonds. The Morgan fingerprint density at radius 1 is 1.17 bits per heavy atom. The van der Waals surface area contributed by atoms with E-state index in [1.807, 2.05) is 30.7 Å². The van der Waals surface area contributed by atoms with Crippen molar-refractivity contribution in [3.05, 3.63) is 45.7 Å². The smallest absolute Gasteiger partial charge is 0.178 e. The summed E-state index contributed by atoms with van der Waals surface area (Å²) in [4.78, 5) is 12.6. The number of carbonyl (C=O) groups excluding carboxylic acids is 1. The number of ketones is 1. The molecule has 0 aliphatic heterocycles. The van der Waals surface area contributed by atoms with Gasteiger partial charge in [-0.1, -0.05) is 30.3 Å². The van der Waals surface area contributed by atoms with E-state index in [1.165, 1.54) is 29.1 Å². The summed E-state index contributed by atoms with van der Waals surface area (Å²) >= 11 is 2.95. The fourth-order valence-electron chi connectivity index (χ4n) is 2.97. The molecule has 3 nitrogen and oxygen atoms in total. The lowest BCUT2D eigenvalue weighted by molar-refractivity contribution is -0.120. The molecule has 1 aliphatic rings.